The number of carbonyl (C=O) groups excluding carboxylic acids is 1. The first kappa shape index (κ1) is 27.1. The van der Waals surface area contributed by atoms with Crippen molar-refractivity contribution in [2.45, 2.75) is 39.7 Å². The highest BCUT2D eigenvalue weighted by molar-refractivity contribution is 7.14. The number of benzene rings is 2. The quantitative estimate of drug-likeness (QED) is 0.226. The van der Waals surface area contributed by atoms with Gasteiger partial charge in [0.2, 0.25) is 0 Å². The van der Waals surface area contributed by atoms with Crippen molar-refractivity contribution in [1.29, 1.82) is 0 Å². The van der Waals surface area contributed by atoms with Gasteiger partial charge in [-0.15, -0.1) is 11.3 Å². The molecule has 0 saturated carbocycles. The second-order valence-corrected chi connectivity index (χ2v) is 8.91. The molecule has 0 radical (unpaired) electrons. The number of rotatable bonds is 10. The number of ether oxygens (including phenoxy) is 1. The molecule has 0 bridgehead atoms. The largest absolute Gasteiger partial charge is 0.478 e. The molecule has 190 valence electrons. The Balaban J connectivity index is 1.78. The number of thiazole rings is 1. The van der Waals surface area contributed by atoms with Crippen LogP contribution in [0.1, 0.15) is 61.2 Å². The fourth-order valence-corrected chi connectivity index (χ4v) is 4.02. The van der Waals surface area contributed by atoms with Crippen LogP contribution in [-0.2, 0) is 9.53 Å². The van der Waals surface area contributed by atoms with Crippen LogP contribution in [0.5, 0.6) is 0 Å². The number of carboxylic acid groups (broad SMARTS) is 1. The summed E-state index contributed by atoms with van der Waals surface area (Å²) in [6, 6.07) is 6.51. The molecule has 1 heterocycles. The van der Waals surface area contributed by atoms with Crippen molar-refractivity contribution in [1.82, 2.24) is 4.98 Å². The Bertz CT molecular complexity index is 1280. The number of nitrogens with one attached hydrogen (secondary N) is 1. The standard InChI is InChI=1S/C26H25F3N2O4S/c1-4-5-9-35-15(3)17-7-6-8-18(23(17)29)22-13-36-26(30-22)31-24(32)16-11-20(27)19(21(28)12-16)10-14(2)25(33)34/h6-8,10-13,15H,4-5,9H2,1-3H3,(H,33,34)(H,30,31,32)/b14-10+. The second kappa shape index (κ2) is 12.0. The molecule has 36 heavy (non-hydrogen) atoms. The normalized spacial score (nSPS) is 12.4. The maximum absolute atomic E-state index is 15.2. The molecule has 2 aromatic carbocycles. The molecule has 3 aromatic rings. The Morgan fingerprint density at radius 1 is 1.22 bits per heavy atom. The molecule has 0 aliphatic rings. The number of carbonyl (C=O) groups is 2. The van der Waals surface area contributed by atoms with Crippen molar-refractivity contribution in [2.24, 2.45) is 0 Å². The fourth-order valence-electron chi connectivity index (χ4n) is 3.31. The van der Waals surface area contributed by atoms with Crippen LogP contribution in [0.25, 0.3) is 17.3 Å². The van der Waals surface area contributed by atoms with Gasteiger partial charge < -0.3 is 9.84 Å². The minimum Gasteiger partial charge on any atom is -0.478 e. The van der Waals surface area contributed by atoms with Gasteiger partial charge in [-0.3, -0.25) is 10.1 Å². The van der Waals surface area contributed by atoms with E-state index in [1.165, 1.54) is 6.92 Å². The molecule has 6 nitrogen and oxygen atoms in total. The van der Waals surface area contributed by atoms with Crippen molar-refractivity contribution in [3.8, 4) is 11.3 Å². The first-order valence-corrected chi connectivity index (χ1v) is 12.1. The third-order valence-electron chi connectivity index (χ3n) is 5.37. The van der Waals surface area contributed by atoms with Crippen LogP contribution in [0.3, 0.4) is 0 Å². The van der Waals surface area contributed by atoms with Gasteiger partial charge in [0.15, 0.2) is 5.13 Å². The lowest BCUT2D eigenvalue weighted by Gasteiger charge is -2.15. The zero-order chi connectivity index (χ0) is 26.4. The van der Waals surface area contributed by atoms with Crippen molar-refractivity contribution >= 4 is 34.4 Å². The predicted molar refractivity (Wildman–Crippen MR) is 132 cm³/mol. The molecule has 10 heteroatoms. The lowest BCUT2D eigenvalue weighted by atomic mass is 10.0. The lowest BCUT2D eigenvalue weighted by molar-refractivity contribution is -0.132. The first-order chi connectivity index (χ1) is 17.1. The van der Waals surface area contributed by atoms with Gasteiger partial charge in [-0.05, 0) is 44.5 Å². The summed E-state index contributed by atoms with van der Waals surface area (Å²) < 4.78 is 49.7. The fraction of sp³-hybridized carbons (Fsp3) is 0.269. The number of aliphatic carboxylic acids is 1. The molecular formula is C26H25F3N2O4S. The number of hydrogen-bond acceptors (Lipinski definition) is 5. The third-order valence-corrected chi connectivity index (χ3v) is 6.13. The molecule has 0 aliphatic heterocycles. The number of amides is 1. The number of hydrogen-bond donors (Lipinski definition) is 2. The maximum atomic E-state index is 15.2. The third kappa shape index (κ3) is 6.38. The minimum absolute atomic E-state index is 0.110. The molecule has 1 atom stereocenters. The van der Waals surface area contributed by atoms with E-state index in [0.29, 0.717) is 12.2 Å². The van der Waals surface area contributed by atoms with E-state index in [2.05, 4.69) is 10.3 Å². The Morgan fingerprint density at radius 3 is 2.56 bits per heavy atom. The van der Waals surface area contributed by atoms with E-state index in [1.54, 1.807) is 30.5 Å². The minimum atomic E-state index is -1.32. The van der Waals surface area contributed by atoms with E-state index < -0.39 is 41.0 Å². The molecule has 3 rings (SSSR count). The molecule has 0 aliphatic carbocycles. The van der Waals surface area contributed by atoms with Gasteiger partial charge in [-0.25, -0.2) is 22.9 Å². The highest BCUT2D eigenvalue weighted by Crippen LogP contribution is 2.32. The van der Waals surface area contributed by atoms with E-state index in [-0.39, 0.29) is 27.5 Å². The lowest BCUT2D eigenvalue weighted by Crippen LogP contribution is -2.13. The Hall–Kier alpha value is -3.50. The Labute approximate surface area is 210 Å². The highest BCUT2D eigenvalue weighted by atomic mass is 32.1. The summed E-state index contributed by atoms with van der Waals surface area (Å²) in [4.78, 5) is 27.7. The number of aromatic nitrogens is 1. The first-order valence-electron chi connectivity index (χ1n) is 11.2. The van der Waals surface area contributed by atoms with Gasteiger partial charge in [0.05, 0.1) is 11.8 Å². The number of unbranched alkanes of at least 4 members (excludes halogenated alkanes) is 1. The average Bonchev–Trinajstić information content (AvgIpc) is 3.29. The molecule has 2 N–H and O–H groups in total. The summed E-state index contributed by atoms with van der Waals surface area (Å²) >= 11 is 1.03. The molecular weight excluding hydrogens is 493 g/mol. The number of carboxylic acids is 1. The molecule has 0 spiro atoms. The molecule has 0 saturated heterocycles. The van der Waals surface area contributed by atoms with Crippen LogP contribution in [0.2, 0.25) is 0 Å². The number of anilines is 1. The van der Waals surface area contributed by atoms with E-state index in [1.807, 2.05) is 6.92 Å². The maximum Gasteiger partial charge on any atom is 0.331 e. The molecule has 1 aromatic heterocycles. The monoisotopic (exact) mass is 518 g/mol. The van der Waals surface area contributed by atoms with Crippen LogP contribution in [0, 0.1) is 17.5 Å². The van der Waals surface area contributed by atoms with Crippen LogP contribution >= 0.6 is 11.3 Å². The van der Waals surface area contributed by atoms with Gasteiger partial charge in [-0.2, -0.15) is 0 Å². The van der Waals surface area contributed by atoms with E-state index >= 15 is 4.39 Å². The molecule has 1 amide bonds. The van der Waals surface area contributed by atoms with Crippen molar-refractivity contribution in [2.75, 3.05) is 11.9 Å². The SMILES string of the molecule is CCCCOC(C)c1cccc(-c2csc(NC(=O)c3cc(F)c(/C=C(\C)C(=O)O)c(F)c3)n2)c1F. The summed E-state index contributed by atoms with van der Waals surface area (Å²) in [5.41, 5.74) is -0.238. The predicted octanol–water partition coefficient (Wildman–Crippen LogP) is 6.85. The summed E-state index contributed by atoms with van der Waals surface area (Å²) in [5, 5.41) is 13.0. The summed E-state index contributed by atoms with van der Waals surface area (Å²) in [7, 11) is 0. The second-order valence-electron chi connectivity index (χ2n) is 8.05. The number of nitrogens with zero attached hydrogens (tertiary/aromatic N) is 1. The average molecular weight is 519 g/mol. The van der Waals surface area contributed by atoms with Crippen LogP contribution in [-0.4, -0.2) is 28.6 Å². The zero-order valence-corrected chi connectivity index (χ0v) is 20.7. The summed E-state index contributed by atoms with van der Waals surface area (Å²) in [6.07, 6.45) is 2.24. The highest BCUT2D eigenvalue weighted by Gasteiger charge is 2.19. The zero-order valence-electron chi connectivity index (χ0n) is 19.9. The number of halogens is 3. The van der Waals surface area contributed by atoms with Crippen LogP contribution in [0.15, 0.2) is 41.3 Å². The van der Waals surface area contributed by atoms with Crippen LogP contribution < -0.4 is 5.32 Å². The Kier molecular flexibility index (Phi) is 9.00. The van der Waals surface area contributed by atoms with Gasteiger partial charge in [0.1, 0.15) is 17.5 Å². The summed E-state index contributed by atoms with van der Waals surface area (Å²) in [6.45, 7) is 5.52. The van der Waals surface area contributed by atoms with E-state index in [4.69, 9.17) is 9.84 Å². The molecule has 0 fully saturated rings. The molecule has 1 unspecified atom stereocenters. The topological polar surface area (TPSA) is 88.5 Å². The van der Waals surface area contributed by atoms with Gasteiger partial charge in [0.25, 0.3) is 5.91 Å². The smallest absolute Gasteiger partial charge is 0.331 e. The van der Waals surface area contributed by atoms with Gasteiger partial charge in [-0.1, -0.05) is 25.5 Å². The van der Waals surface area contributed by atoms with Gasteiger partial charge >= 0.3 is 5.97 Å². The van der Waals surface area contributed by atoms with E-state index in [9.17, 15) is 18.4 Å². The van der Waals surface area contributed by atoms with Crippen molar-refractivity contribution < 1.29 is 32.6 Å². The van der Waals surface area contributed by atoms with Crippen molar-refractivity contribution in [3.05, 3.63) is 75.4 Å². The van der Waals surface area contributed by atoms with Crippen LogP contribution in [0.4, 0.5) is 18.3 Å². The summed E-state index contributed by atoms with van der Waals surface area (Å²) in [5.74, 6) is -4.81. The Morgan fingerprint density at radius 2 is 1.92 bits per heavy atom. The van der Waals surface area contributed by atoms with Gasteiger partial charge in [0, 0.05) is 39.8 Å². The van der Waals surface area contributed by atoms with Crippen molar-refractivity contribution in [3.63, 3.8) is 0 Å². The van der Waals surface area contributed by atoms with E-state index in [0.717, 1.165) is 42.4 Å².